The van der Waals surface area contributed by atoms with Crippen molar-refractivity contribution in [2.24, 2.45) is 17.4 Å². The van der Waals surface area contributed by atoms with Gasteiger partial charge in [-0.05, 0) is 25.2 Å². The normalized spacial score (nSPS) is 14.8. The van der Waals surface area contributed by atoms with E-state index in [1.54, 1.807) is 6.92 Å². The number of amides is 1. The second-order valence-corrected chi connectivity index (χ2v) is 5.15. The molecular weight excluding hydrogens is 274 g/mol. The van der Waals surface area contributed by atoms with Crippen LogP contribution in [-0.2, 0) is 9.59 Å². The van der Waals surface area contributed by atoms with Crippen molar-refractivity contribution >= 4 is 17.8 Å². The number of carboxylic acids is 1. The molecule has 0 fully saturated rings. The summed E-state index contributed by atoms with van der Waals surface area (Å²) in [7, 11) is 0. The van der Waals surface area contributed by atoms with Crippen LogP contribution in [0.2, 0.25) is 0 Å². The van der Waals surface area contributed by atoms with E-state index < -0.39 is 24.0 Å². The van der Waals surface area contributed by atoms with Crippen molar-refractivity contribution in [2.75, 3.05) is 6.54 Å². The van der Waals surface area contributed by atoms with Gasteiger partial charge in [0.05, 0.1) is 6.04 Å². The van der Waals surface area contributed by atoms with Crippen LogP contribution in [-0.4, -0.2) is 41.6 Å². The minimum absolute atomic E-state index is 0.0881. The first kappa shape index (κ1) is 19.2. The number of nitrogens with two attached hydrogens (primary N) is 2. The maximum Gasteiger partial charge on any atom is 0.326 e. The van der Waals surface area contributed by atoms with Crippen molar-refractivity contribution in [3.05, 3.63) is 0 Å². The van der Waals surface area contributed by atoms with Crippen LogP contribution in [0.5, 0.6) is 0 Å². The summed E-state index contributed by atoms with van der Waals surface area (Å²) < 4.78 is 0. The summed E-state index contributed by atoms with van der Waals surface area (Å²) in [5.41, 5.74) is 10.9. The monoisotopic (exact) mass is 301 g/mol. The molecule has 21 heavy (non-hydrogen) atoms. The highest BCUT2D eigenvalue weighted by molar-refractivity contribution is 5.86. The molecule has 0 aliphatic heterocycles. The van der Waals surface area contributed by atoms with Crippen LogP contribution in [0.4, 0.5) is 0 Å². The summed E-state index contributed by atoms with van der Waals surface area (Å²) in [5, 5.41) is 21.2. The molecule has 1 amide bonds. The molecule has 0 bridgehead atoms. The van der Waals surface area contributed by atoms with E-state index in [2.05, 4.69) is 10.6 Å². The maximum atomic E-state index is 11.9. The van der Waals surface area contributed by atoms with Crippen molar-refractivity contribution < 1.29 is 14.7 Å². The summed E-state index contributed by atoms with van der Waals surface area (Å²) in [4.78, 5) is 23.0. The molecule has 0 aliphatic rings. The Kier molecular flexibility index (Phi) is 9.11. The number of nitrogens with one attached hydrogen (secondary N) is 3. The molecule has 0 aromatic heterocycles. The number of rotatable bonds is 10. The standard InChI is InChI=1S/C13H27N5O3/c1-3-8(2)10(12(20)21)18-11(19)9(14)6-4-5-7-17-13(15)16/h8-10H,3-7,14H2,1-2H3,(H,18,19)(H,20,21)(H4,15,16,17)/t8-,9-,10-/m0/s1. The fourth-order valence-corrected chi connectivity index (χ4v) is 1.79. The molecule has 0 rings (SSSR count). The predicted octanol–water partition coefficient (Wildman–Crippen LogP) is -0.417. The topological polar surface area (TPSA) is 154 Å². The fraction of sp³-hybridized carbons (Fsp3) is 0.769. The molecule has 0 saturated heterocycles. The van der Waals surface area contributed by atoms with Gasteiger partial charge in [-0.15, -0.1) is 0 Å². The van der Waals surface area contributed by atoms with Crippen LogP contribution in [0, 0.1) is 11.3 Å². The molecule has 0 spiro atoms. The summed E-state index contributed by atoms with van der Waals surface area (Å²) in [6.07, 6.45) is 2.53. The third kappa shape index (κ3) is 8.13. The molecule has 0 aromatic carbocycles. The molecule has 0 heterocycles. The molecule has 0 radical (unpaired) electrons. The second-order valence-electron chi connectivity index (χ2n) is 5.15. The Morgan fingerprint density at radius 2 is 1.95 bits per heavy atom. The molecule has 3 atom stereocenters. The first-order chi connectivity index (χ1) is 9.79. The van der Waals surface area contributed by atoms with Crippen molar-refractivity contribution in [1.29, 1.82) is 5.41 Å². The van der Waals surface area contributed by atoms with E-state index in [9.17, 15) is 9.59 Å². The van der Waals surface area contributed by atoms with Crippen molar-refractivity contribution in [3.63, 3.8) is 0 Å². The highest BCUT2D eigenvalue weighted by atomic mass is 16.4. The van der Waals surface area contributed by atoms with E-state index >= 15 is 0 Å². The SMILES string of the molecule is CC[C@H](C)[C@H](NC(=O)[C@@H](N)CCCCNC(=N)N)C(=O)O. The molecule has 8 heteroatoms. The number of aliphatic carboxylic acids is 1. The zero-order valence-corrected chi connectivity index (χ0v) is 12.7. The number of hydrogen-bond donors (Lipinski definition) is 6. The van der Waals surface area contributed by atoms with E-state index in [0.29, 0.717) is 25.8 Å². The van der Waals surface area contributed by atoms with E-state index in [4.69, 9.17) is 22.0 Å². The molecular formula is C13H27N5O3. The molecule has 0 aliphatic carbocycles. The van der Waals surface area contributed by atoms with Gasteiger partial charge in [-0.25, -0.2) is 4.79 Å². The number of guanidine groups is 1. The van der Waals surface area contributed by atoms with Crippen LogP contribution in [0.1, 0.15) is 39.5 Å². The summed E-state index contributed by atoms with van der Waals surface area (Å²) in [5.74, 6) is -1.73. The maximum absolute atomic E-state index is 11.9. The Labute approximate surface area is 125 Å². The van der Waals surface area contributed by atoms with Crippen LogP contribution in [0.25, 0.3) is 0 Å². The summed E-state index contributed by atoms with van der Waals surface area (Å²) in [6.45, 7) is 4.20. The number of carbonyl (C=O) groups excluding carboxylic acids is 1. The van der Waals surface area contributed by atoms with E-state index in [1.807, 2.05) is 6.92 Å². The Balaban J connectivity index is 4.13. The van der Waals surface area contributed by atoms with Gasteiger partial charge in [-0.1, -0.05) is 20.3 Å². The predicted molar refractivity (Wildman–Crippen MR) is 80.8 cm³/mol. The van der Waals surface area contributed by atoms with Crippen molar-refractivity contribution in [2.45, 2.75) is 51.6 Å². The van der Waals surface area contributed by atoms with Gasteiger partial charge in [0.2, 0.25) is 5.91 Å². The lowest BCUT2D eigenvalue weighted by atomic mass is 9.98. The van der Waals surface area contributed by atoms with Crippen LogP contribution in [0.3, 0.4) is 0 Å². The van der Waals surface area contributed by atoms with Gasteiger partial charge in [0.15, 0.2) is 5.96 Å². The Morgan fingerprint density at radius 3 is 2.43 bits per heavy atom. The quantitative estimate of drug-likeness (QED) is 0.183. The summed E-state index contributed by atoms with van der Waals surface area (Å²) in [6, 6.07) is -1.64. The van der Waals surface area contributed by atoms with Gasteiger partial charge in [0.25, 0.3) is 0 Å². The highest BCUT2D eigenvalue weighted by Gasteiger charge is 2.27. The third-order valence-electron chi connectivity index (χ3n) is 3.37. The lowest BCUT2D eigenvalue weighted by Gasteiger charge is -2.22. The Bertz CT molecular complexity index is 362. The lowest BCUT2D eigenvalue weighted by Crippen LogP contribution is -2.50. The van der Waals surface area contributed by atoms with Gasteiger partial charge < -0.3 is 27.2 Å². The van der Waals surface area contributed by atoms with Gasteiger partial charge in [-0.3, -0.25) is 10.2 Å². The first-order valence-corrected chi connectivity index (χ1v) is 7.16. The molecule has 0 aromatic rings. The van der Waals surface area contributed by atoms with Crippen molar-refractivity contribution in [3.8, 4) is 0 Å². The molecule has 8 N–H and O–H groups in total. The van der Waals surface area contributed by atoms with E-state index in [-0.39, 0.29) is 11.9 Å². The summed E-state index contributed by atoms with van der Waals surface area (Å²) >= 11 is 0. The van der Waals surface area contributed by atoms with Gasteiger partial charge in [0, 0.05) is 6.54 Å². The Morgan fingerprint density at radius 1 is 1.33 bits per heavy atom. The zero-order chi connectivity index (χ0) is 16.4. The van der Waals surface area contributed by atoms with Crippen LogP contribution in [0.15, 0.2) is 0 Å². The van der Waals surface area contributed by atoms with Gasteiger partial charge >= 0.3 is 5.97 Å². The van der Waals surface area contributed by atoms with Crippen molar-refractivity contribution in [1.82, 2.24) is 10.6 Å². The number of hydrogen-bond acceptors (Lipinski definition) is 4. The van der Waals surface area contributed by atoms with Gasteiger partial charge in [-0.2, -0.15) is 0 Å². The first-order valence-electron chi connectivity index (χ1n) is 7.16. The Hall–Kier alpha value is -1.83. The fourth-order valence-electron chi connectivity index (χ4n) is 1.79. The molecule has 0 unspecified atom stereocenters. The highest BCUT2D eigenvalue weighted by Crippen LogP contribution is 2.08. The van der Waals surface area contributed by atoms with E-state index in [1.165, 1.54) is 0 Å². The second kappa shape index (κ2) is 9.98. The molecule has 122 valence electrons. The molecule has 8 nitrogen and oxygen atoms in total. The molecule has 0 saturated carbocycles. The van der Waals surface area contributed by atoms with E-state index in [0.717, 1.165) is 6.42 Å². The average Bonchev–Trinajstić information content (AvgIpc) is 2.42. The lowest BCUT2D eigenvalue weighted by molar-refractivity contribution is -0.143. The minimum Gasteiger partial charge on any atom is -0.480 e. The number of unbranched alkanes of at least 4 members (excludes halogenated alkanes) is 1. The minimum atomic E-state index is -1.05. The smallest absolute Gasteiger partial charge is 0.326 e. The average molecular weight is 301 g/mol. The number of carbonyl (C=O) groups is 2. The largest absolute Gasteiger partial charge is 0.480 e. The number of carboxylic acid groups (broad SMARTS) is 1. The van der Waals surface area contributed by atoms with Crippen LogP contribution < -0.4 is 22.1 Å². The third-order valence-corrected chi connectivity index (χ3v) is 3.37. The van der Waals surface area contributed by atoms with Crippen LogP contribution >= 0.6 is 0 Å². The zero-order valence-electron chi connectivity index (χ0n) is 12.7. The van der Waals surface area contributed by atoms with Gasteiger partial charge in [0.1, 0.15) is 6.04 Å².